The van der Waals surface area contributed by atoms with Crippen molar-refractivity contribution in [2.24, 2.45) is 0 Å². The predicted octanol–water partition coefficient (Wildman–Crippen LogP) is 3.91. The highest BCUT2D eigenvalue weighted by Gasteiger charge is 2.02. The van der Waals surface area contributed by atoms with Gasteiger partial charge >= 0.3 is 0 Å². The van der Waals surface area contributed by atoms with Gasteiger partial charge in [0.25, 0.3) is 0 Å². The van der Waals surface area contributed by atoms with Gasteiger partial charge in [0.15, 0.2) is 5.82 Å². The van der Waals surface area contributed by atoms with E-state index in [2.05, 4.69) is 66.3 Å². The normalized spacial score (nSPS) is 10.8. The number of nitrogens with zero attached hydrogens (tertiary/aromatic N) is 2. The molecule has 0 bridgehead atoms. The van der Waals surface area contributed by atoms with Gasteiger partial charge in [-0.15, -0.1) is 0 Å². The molecular formula is C16H14N2. The van der Waals surface area contributed by atoms with Gasteiger partial charge < -0.3 is 0 Å². The second-order valence-corrected chi connectivity index (χ2v) is 4.62. The van der Waals surface area contributed by atoms with Gasteiger partial charge in [-0.25, -0.2) is 9.97 Å². The predicted molar refractivity (Wildman–Crippen MR) is 74.4 cm³/mol. The highest BCUT2D eigenvalue weighted by molar-refractivity contribution is 5.80. The number of rotatable bonds is 1. The molecule has 1 heterocycles. The Bertz CT molecular complexity index is 700. The van der Waals surface area contributed by atoms with Crippen molar-refractivity contribution in [3.8, 4) is 11.4 Å². The molecule has 0 aliphatic heterocycles. The summed E-state index contributed by atoms with van der Waals surface area (Å²) in [5.74, 6) is 0.785. The van der Waals surface area contributed by atoms with Gasteiger partial charge in [-0.1, -0.05) is 42.0 Å². The third-order valence-corrected chi connectivity index (χ3v) is 3.05. The third kappa shape index (κ3) is 1.97. The molecule has 0 spiro atoms. The van der Waals surface area contributed by atoms with Crippen LogP contribution in [0.5, 0.6) is 0 Å². The quantitative estimate of drug-likeness (QED) is 0.638. The average molecular weight is 234 g/mol. The molecule has 0 radical (unpaired) electrons. The first-order valence-electron chi connectivity index (χ1n) is 6.03. The molecule has 3 aromatic rings. The molecule has 0 amide bonds. The van der Waals surface area contributed by atoms with Crippen molar-refractivity contribution >= 4 is 10.9 Å². The molecule has 3 rings (SSSR count). The van der Waals surface area contributed by atoms with Crippen LogP contribution in [0.4, 0.5) is 0 Å². The number of benzene rings is 2. The first-order valence-corrected chi connectivity index (χ1v) is 6.03. The molecule has 2 heteroatoms. The molecule has 0 atom stereocenters. The van der Waals surface area contributed by atoms with Crippen molar-refractivity contribution < 1.29 is 0 Å². The highest BCUT2D eigenvalue weighted by Crippen LogP contribution is 2.19. The number of fused-ring (bicyclic) bond motifs is 1. The van der Waals surface area contributed by atoms with Crippen molar-refractivity contribution in [2.45, 2.75) is 13.8 Å². The topological polar surface area (TPSA) is 25.8 Å². The molecule has 0 fully saturated rings. The Morgan fingerprint density at radius 2 is 1.56 bits per heavy atom. The van der Waals surface area contributed by atoms with E-state index in [0.29, 0.717) is 0 Å². The van der Waals surface area contributed by atoms with Crippen LogP contribution in [0.3, 0.4) is 0 Å². The Morgan fingerprint density at radius 1 is 0.833 bits per heavy atom. The molecule has 0 aliphatic rings. The Morgan fingerprint density at radius 3 is 2.33 bits per heavy atom. The molecule has 0 saturated carbocycles. The molecule has 18 heavy (non-hydrogen) atoms. The first-order chi connectivity index (χ1) is 8.72. The first kappa shape index (κ1) is 10.9. The van der Waals surface area contributed by atoms with Gasteiger partial charge in [-0.3, -0.25) is 0 Å². The summed E-state index contributed by atoms with van der Waals surface area (Å²) in [6.45, 7) is 4.15. The Balaban J connectivity index is 2.15. The number of aryl methyl sites for hydroxylation is 2. The van der Waals surface area contributed by atoms with E-state index in [4.69, 9.17) is 0 Å². The summed E-state index contributed by atoms with van der Waals surface area (Å²) in [5, 5.41) is 1.08. The maximum absolute atomic E-state index is 4.62. The summed E-state index contributed by atoms with van der Waals surface area (Å²) in [4.78, 5) is 9.05. The van der Waals surface area contributed by atoms with E-state index in [1.54, 1.807) is 0 Å². The second-order valence-electron chi connectivity index (χ2n) is 4.62. The van der Waals surface area contributed by atoms with Gasteiger partial charge in [0.2, 0.25) is 0 Å². The number of aromatic nitrogens is 2. The fourth-order valence-corrected chi connectivity index (χ4v) is 1.98. The van der Waals surface area contributed by atoms with Crippen molar-refractivity contribution in [1.29, 1.82) is 0 Å². The van der Waals surface area contributed by atoms with Crippen LogP contribution in [-0.2, 0) is 0 Å². The lowest BCUT2D eigenvalue weighted by atomic mass is 10.1. The van der Waals surface area contributed by atoms with E-state index in [-0.39, 0.29) is 0 Å². The molecule has 2 aromatic carbocycles. The van der Waals surface area contributed by atoms with Crippen LogP contribution in [0, 0.1) is 13.8 Å². The highest BCUT2D eigenvalue weighted by atomic mass is 14.9. The Hall–Kier alpha value is -2.22. The molecule has 0 unspecified atom stereocenters. The monoisotopic (exact) mass is 234 g/mol. The van der Waals surface area contributed by atoms with Crippen LogP contribution in [-0.4, -0.2) is 9.97 Å². The molecule has 0 saturated heterocycles. The zero-order valence-corrected chi connectivity index (χ0v) is 10.5. The van der Waals surface area contributed by atoms with E-state index in [0.717, 1.165) is 22.3 Å². The largest absolute Gasteiger partial charge is 0.236 e. The van der Waals surface area contributed by atoms with Gasteiger partial charge in [0.1, 0.15) is 0 Å². The smallest absolute Gasteiger partial charge is 0.159 e. The lowest BCUT2D eigenvalue weighted by Gasteiger charge is -2.03. The molecule has 1 aromatic heterocycles. The van der Waals surface area contributed by atoms with Crippen molar-refractivity contribution in [3.05, 3.63) is 59.8 Å². The summed E-state index contributed by atoms with van der Waals surface area (Å²) < 4.78 is 0. The lowest BCUT2D eigenvalue weighted by molar-refractivity contribution is 1.22. The van der Waals surface area contributed by atoms with Crippen LogP contribution >= 0.6 is 0 Å². The molecule has 0 N–H and O–H groups in total. The van der Waals surface area contributed by atoms with Crippen molar-refractivity contribution in [1.82, 2.24) is 9.97 Å². The SMILES string of the molecule is Cc1ccc(-c2ncc3ccc(C)cc3n2)cc1. The van der Waals surface area contributed by atoms with E-state index in [9.17, 15) is 0 Å². The molecule has 88 valence electrons. The third-order valence-electron chi connectivity index (χ3n) is 3.05. The average Bonchev–Trinajstić information content (AvgIpc) is 2.38. The van der Waals surface area contributed by atoms with Crippen LogP contribution in [0.15, 0.2) is 48.7 Å². The Kier molecular flexibility index (Phi) is 2.56. The van der Waals surface area contributed by atoms with Crippen molar-refractivity contribution in [2.75, 3.05) is 0 Å². The van der Waals surface area contributed by atoms with Crippen molar-refractivity contribution in [3.63, 3.8) is 0 Å². The van der Waals surface area contributed by atoms with E-state index < -0.39 is 0 Å². The summed E-state index contributed by atoms with van der Waals surface area (Å²) in [6, 6.07) is 14.5. The number of hydrogen-bond acceptors (Lipinski definition) is 2. The van der Waals surface area contributed by atoms with E-state index >= 15 is 0 Å². The van der Waals surface area contributed by atoms with E-state index in [1.165, 1.54) is 11.1 Å². The summed E-state index contributed by atoms with van der Waals surface area (Å²) in [7, 11) is 0. The fourth-order valence-electron chi connectivity index (χ4n) is 1.98. The van der Waals surface area contributed by atoms with Crippen LogP contribution in [0.1, 0.15) is 11.1 Å². The summed E-state index contributed by atoms with van der Waals surface area (Å²) in [6.07, 6.45) is 1.89. The van der Waals surface area contributed by atoms with Gasteiger partial charge in [0, 0.05) is 17.1 Å². The molecular weight excluding hydrogens is 220 g/mol. The minimum absolute atomic E-state index is 0.785. The molecule has 0 aliphatic carbocycles. The van der Waals surface area contributed by atoms with Gasteiger partial charge in [-0.05, 0) is 25.5 Å². The molecule has 2 nitrogen and oxygen atoms in total. The second kappa shape index (κ2) is 4.22. The fraction of sp³-hybridized carbons (Fsp3) is 0.125. The van der Waals surface area contributed by atoms with E-state index in [1.807, 2.05) is 6.20 Å². The zero-order chi connectivity index (χ0) is 12.5. The zero-order valence-electron chi connectivity index (χ0n) is 10.5. The standard InChI is InChI=1S/C16H14N2/c1-11-3-6-13(7-4-11)16-17-10-14-8-5-12(2)9-15(14)18-16/h3-10H,1-2H3. The minimum Gasteiger partial charge on any atom is -0.236 e. The number of hydrogen-bond donors (Lipinski definition) is 0. The maximum atomic E-state index is 4.62. The van der Waals surface area contributed by atoms with Gasteiger partial charge in [0.05, 0.1) is 5.52 Å². The lowest BCUT2D eigenvalue weighted by Crippen LogP contribution is -1.90. The van der Waals surface area contributed by atoms with Crippen LogP contribution in [0.2, 0.25) is 0 Å². The maximum Gasteiger partial charge on any atom is 0.159 e. The van der Waals surface area contributed by atoms with Crippen LogP contribution in [0.25, 0.3) is 22.3 Å². The minimum atomic E-state index is 0.785. The van der Waals surface area contributed by atoms with Crippen LogP contribution < -0.4 is 0 Å². The summed E-state index contributed by atoms with van der Waals surface area (Å²) in [5.41, 5.74) is 4.52. The van der Waals surface area contributed by atoms with Gasteiger partial charge in [-0.2, -0.15) is 0 Å². The summed E-state index contributed by atoms with van der Waals surface area (Å²) >= 11 is 0. The Labute approximate surface area is 106 Å².